The van der Waals surface area contributed by atoms with E-state index in [9.17, 15) is 14.7 Å². The van der Waals surface area contributed by atoms with E-state index < -0.39 is 17.7 Å². The molecule has 5 rings (SSSR count). The molecule has 0 radical (unpaired) electrons. The Labute approximate surface area is 247 Å². The van der Waals surface area contributed by atoms with Crippen molar-refractivity contribution in [2.75, 3.05) is 33.3 Å². The van der Waals surface area contributed by atoms with Gasteiger partial charge in [-0.2, -0.15) is 0 Å². The number of aliphatic hydroxyl groups excluding tert-OH is 1. The van der Waals surface area contributed by atoms with Crippen LogP contribution in [0.5, 0.6) is 17.2 Å². The second-order valence-corrected chi connectivity index (χ2v) is 10.8. The molecule has 2 aliphatic rings. The summed E-state index contributed by atoms with van der Waals surface area (Å²) in [5, 5.41) is 11.6. The molecule has 2 heterocycles. The van der Waals surface area contributed by atoms with Gasteiger partial charge in [0.05, 0.1) is 44.9 Å². The maximum Gasteiger partial charge on any atom is 0.295 e. The largest absolute Gasteiger partial charge is 0.507 e. The van der Waals surface area contributed by atoms with Crippen LogP contribution >= 0.6 is 0 Å². The predicted octanol–water partition coefficient (Wildman–Crippen LogP) is 3.94. The third-order valence-corrected chi connectivity index (χ3v) is 8.16. The van der Waals surface area contributed by atoms with E-state index in [4.69, 9.17) is 14.2 Å². The number of aliphatic hydroxyl groups is 1. The van der Waals surface area contributed by atoms with Gasteiger partial charge in [0.15, 0.2) is 11.5 Å². The number of benzene rings is 3. The van der Waals surface area contributed by atoms with Crippen molar-refractivity contribution >= 4 is 17.4 Å². The third-order valence-electron chi connectivity index (χ3n) is 8.16. The lowest BCUT2D eigenvalue weighted by molar-refractivity contribution is -0.895. The third kappa shape index (κ3) is 5.85. The van der Waals surface area contributed by atoms with E-state index in [1.807, 2.05) is 55.5 Å². The summed E-state index contributed by atoms with van der Waals surface area (Å²) in [6.07, 6.45) is 0.753. The zero-order valence-corrected chi connectivity index (χ0v) is 24.7. The molecule has 0 aliphatic carbocycles. The lowest BCUT2D eigenvalue weighted by atomic mass is 9.94. The Kier molecular flexibility index (Phi) is 8.83. The van der Waals surface area contributed by atoms with Gasteiger partial charge in [0.25, 0.3) is 11.7 Å². The fourth-order valence-electron chi connectivity index (χ4n) is 5.77. The highest BCUT2D eigenvalue weighted by molar-refractivity contribution is 6.46. The Hall–Kier alpha value is -4.30. The van der Waals surface area contributed by atoms with Gasteiger partial charge in [-0.25, -0.2) is 0 Å². The van der Waals surface area contributed by atoms with Crippen LogP contribution in [0.2, 0.25) is 0 Å². The van der Waals surface area contributed by atoms with Gasteiger partial charge in [-0.05, 0) is 67.8 Å². The molecule has 0 unspecified atom stereocenters. The number of quaternary nitrogens is 1. The van der Waals surface area contributed by atoms with Gasteiger partial charge < -0.3 is 29.1 Å². The van der Waals surface area contributed by atoms with E-state index in [0.717, 1.165) is 30.0 Å². The summed E-state index contributed by atoms with van der Waals surface area (Å²) in [6.45, 7) is 9.41. The number of likely N-dealkylation sites (tertiary alicyclic amines) is 1. The number of rotatable bonds is 11. The van der Waals surface area contributed by atoms with Crippen molar-refractivity contribution < 1.29 is 33.8 Å². The number of Topliss-reactive ketones (excluding diaryl/α,β-unsaturated/α-hetero) is 1. The van der Waals surface area contributed by atoms with Crippen molar-refractivity contribution in [3.05, 3.63) is 94.6 Å². The first-order valence-corrected chi connectivity index (χ1v) is 14.6. The molecule has 1 saturated heterocycles. The number of hydrogen-bond acceptors (Lipinski definition) is 6. The number of amides is 1. The molecule has 0 saturated carbocycles. The summed E-state index contributed by atoms with van der Waals surface area (Å²) >= 11 is 0. The van der Waals surface area contributed by atoms with Crippen LogP contribution < -0.4 is 19.1 Å². The highest BCUT2D eigenvalue weighted by atomic mass is 16.5. The minimum Gasteiger partial charge on any atom is -0.507 e. The Morgan fingerprint density at radius 1 is 1.02 bits per heavy atom. The molecule has 2 atom stereocenters. The van der Waals surface area contributed by atoms with E-state index in [1.165, 1.54) is 4.90 Å². The van der Waals surface area contributed by atoms with Crippen LogP contribution in [0.1, 0.15) is 49.1 Å². The molecule has 2 N–H and O–H groups in total. The van der Waals surface area contributed by atoms with Crippen LogP contribution in [-0.2, 0) is 22.6 Å². The van der Waals surface area contributed by atoms with Gasteiger partial charge >= 0.3 is 0 Å². The number of methoxy groups -OCH3 is 1. The standard InChI is InChI=1S/C34H38N2O6/c1-5-35(6-2)16-17-36-31(24-12-15-28(29(20-24)40-4)41-21-23-10-8-7-9-11-23)30(33(38)34(36)39)32(37)25-13-14-27-26(19-25)18-22(3)42-27/h7-15,19-20,22,31,37H,5-6,16-18,21H2,1-4H3/p+1/t22-,31+/m1/s1. The highest BCUT2D eigenvalue weighted by Gasteiger charge is 2.46. The smallest absolute Gasteiger partial charge is 0.295 e. The highest BCUT2D eigenvalue weighted by Crippen LogP contribution is 2.42. The Balaban J connectivity index is 1.54. The molecule has 0 aromatic heterocycles. The second kappa shape index (κ2) is 12.7. The molecule has 8 heteroatoms. The van der Waals surface area contributed by atoms with E-state index in [0.29, 0.717) is 48.7 Å². The lowest BCUT2D eigenvalue weighted by Crippen LogP contribution is -3.12. The molecule has 1 fully saturated rings. The topological polar surface area (TPSA) is 89.7 Å². The van der Waals surface area contributed by atoms with Crippen molar-refractivity contribution in [2.45, 2.75) is 45.9 Å². The average Bonchev–Trinajstić information content (AvgIpc) is 3.51. The van der Waals surface area contributed by atoms with Crippen molar-refractivity contribution in [2.24, 2.45) is 0 Å². The zero-order valence-electron chi connectivity index (χ0n) is 24.7. The Bertz CT molecular complexity index is 1480. The van der Waals surface area contributed by atoms with Crippen LogP contribution in [0, 0.1) is 0 Å². The molecule has 3 aromatic rings. The summed E-state index contributed by atoms with van der Waals surface area (Å²) < 4.78 is 17.6. The van der Waals surface area contributed by atoms with Crippen LogP contribution in [0.3, 0.4) is 0 Å². The molecule has 0 bridgehead atoms. The first-order valence-electron chi connectivity index (χ1n) is 14.6. The summed E-state index contributed by atoms with van der Waals surface area (Å²) in [7, 11) is 1.56. The zero-order chi connectivity index (χ0) is 29.8. The molecule has 0 spiro atoms. The molecule has 1 amide bonds. The fourth-order valence-corrected chi connectivity index (χ4v) is 5.77. The van der Waals surface area contributed by atoms with Gasteiger partial charge in [0.2, 0.25) is 0 Å². The average molecular weight is 572 g/mol. The number of nitrogens with zero attached hydrogens (tertiary/aromatic N) is 1. The van der Waals surface area contributed by atoms with Crippen LogP contribution in [0.15, 0.2) is 72.3 Å². The van der Waals surface area contributed by atoms with E-state index in [2.05, 4.69) is 13.8 Å². The summed E-state index contributed by atoms with van der Waals surface area (Å²) in [4.78, 5) is 29.9. The molecule has 220 valence electrons. The number of carbonyl (C=O) groups excluding carboxylic acids is 2. The monoisotopic (exact) mass is 571 g/mol. The molecular formula is C34H39N2O6+. The van der Waals surface area contributed by atoms with Crippen molar-refractivity contribution in [1.29, 1.82) is 0 Å². The molecule has 42 heavy (non-hydrogen) atoms. The first kappa shape index (κ1) is 29.2. The lowest BCUT2D eigenvalue weighted by Gasteiger charge is -2.27. The molecule has 3 aromatic carbocycles. The van der Waals surface area contributed by atoms with Gasteiger partial charge in [0.1, 0.15) is 24.2 Å². The van der Waals surface area contributed by atoms with Gasteiger partial charge in [0, 0.05) is 12.0 Å². The normalized spacial score (nSPS) is 19.2. The summed E-state index contributed by atoms with van der Waals surface area (Å²) in [5.74, 6) is 0.292. The SMILES string of the molecule is CC[NH+](CC)CCN1C(=O)C(=O)C(=C(O)c2ccc3c(c2)C[C@@H](C)O3)[C@@H]1c1ccc(OCc2ccccc2)c(OC)c1. The molecule has 2 aliphatic heterocycles. The van der Waals surface area contributed by atoms with Crippen molar-refractivity contribution in [1.82, 2.24) is 4.90 Å². The Morgan fingerprint density at radius 3 is 2.50 bits per heavy atom. The number of carbonyl (C=O) groups is 2. The fraction of sp³-hybridized carbons (Fsp3) is 0.353. The molecular weight excluding hydrogens is 532 g/mol. The number of ketones is 1. The van der Waals surface area contributed by atoms with Crippen molar-refractivity contribution in [3.8, 4) is 17.2 Å². The van der Waals surface area contributed by atoms with E-state index >= 15 is 0 Å². The second-order valence-electron chi connectivity index (χ2n) is 10.8. The maximum atomic E-state index is 13.6. The van der Waals surface area contributed by atoms with Gasteiger partial charge in [-0.3, -0.25) is 9.59 Å². The van der Waals surface area contributed by atoms with Crippen LogP contribution in [0.4, 0.5) is 0 Å². The number of ether oxygens (including phenoxy) is 3. The van der Waals surface area contributed by atoms with Crippen LogP contribution in [-0.4, -0.2) is 61.1 Å². The van der Waals surface area contributed by atoms with Gasteiger partial charge in [-0.15, -0.1) is 0 Å². The minimum atomic E-state index is -0.777. The molecule has 8 nitrogen and oxygen atoms in total. The first-order chi connectivity index (χ1) is 20.3. The van der Waals surface area contributed by atoms with Crippen molar-refractivity contribution in [3.63, 3.8) is 0 Å². The number of likely N-dealkylation sites (N-methyl/N-ethyl adjacent to an activating group) is 1. The summed E-state index contributed by atoms with van der Waals surface area (Å²) in [6, 6.07) is 19.9. The van der Waals surface area contributed by atoms with E-state index in [1.54, 1.807) is 30.2 Å². The van der Waals surface area contributed by atoms with E-state index in [-0.39, 0.29) is 17.4 Å². The quantitative estimate of drug-likeness (QED) is 0.206. The van der Waals surface area contributed by atoms with Gasteiger partial charge in [-0.1, -0.05) is 36.4 Å². The Morgan fingerprint density at radius 2 is 1.79 bits per heavy atom. The number of hydrogen-bond donors (Lipinski definition) is 2. The minimum absolute atomic E-state index is 0.0423. The number of fused-ring (bicyclic) bond motifs is 1. The van der Waals surface area contributed by atoms with Crippen LogP contribution in [0.25, 0.3) is 5.76 Å². The summed E-state index contributed by atoms with van der Waals surface area (Å²) in [5.41, 5.74) is 3.20. The maximum absolute atomic E-state index is 13.6. The predicted molar refractivity (Wildman–Crippen MR) is 160 cm³/mol. The number of nitrogens with one attached hydrogen (secondary N) is 1.